The van der Waals surface area contributed by atoms with Crippen LogP contribution in [0.5, 0.6) is 0 Å². The lowest BCUT2D eigenvalue weighted by atomic mass is 10.1. The van der Waals surface area contributed by atoms with Crippen LogP contribution < -0.4 is 5.14 Å². The Bertz CT molecular complexity index is 569. The molecule has 2 N–H and O–H groups in total. The van der Waals surface area contributed by atoms with Crippen molar-refractivity contribution in [3.8, 4) is 0 Å². The molecule has 1 aromatic carbocycles. The van der Waals surface area contributed by atoms with E-state index in [-0.39, 0.29) is 10.5 Å². The first kappa shape index (κ1) is 16.1. The summed E-state index contributed by atoms with van der Waals surface area (Å²) in [5, 5.41) is 5.02. The molecule has 5 nitrogen and oxygen atoms in total. The number of ether oxygens (including phenoxy) is 1. The number of sulfonamides is 1. The summed E-state index contributed by atoms with van der Waals surface area (Å²) in [5.74, 6) is -0.148. The van der Waals surface area contributed by atoms with Crippen LogP contribution in [-0.4, -0.2) is 21.0 Å². The van der Waals surface area contributed by atoms with Crippen LogP contribution in [0.4, 0.5) is 0 Å². The van der Waals surface area contributed by atoms with Gasteiger partial charge in [-0.05, 0) is 46.5 Å². The van der Waals surface area contributed by atoms with E-state index in [9.17, 15) is 13.2 Å². The van der Waals surface area contributed by atoms with Crippen LogP contribution in [0.25, 0.3) is 0 Å². The molecule has 0 atom stereocenters. The quantitative estimate of drug-likeness (QED) is 0.826. The van der Waals surface area contributed by atoms with Gasteiger partial charge in [0.05, 0.1) is 17.1 Å². The van der Waals surface area contributed by atoms with Gasteiger partial charge >= 0.3 is 5.97 Å². The van der Waals surface area contributed by atoms with E-state index < -0.39 is 16.0 Å². The smallest absolute Gasteiger partial charge is 0.339 e. The van der Waals surface area contributed by atoms with Crippen LogP contribution in [0.1, 0.15) is 30.6 Å². The summed E-state index contributed by atoms with van der Waals surface area (Å²) in [7, 11) is -3.84. The predicted octanol–water partition coefficient (Wildman–Crippen LogP) is 2.30. The minimum Gasteiger partial charge on any atom is -0.462 e. The summed E-state index contributed by atoms with van der Waals surface area (Å²) in [6.07, 6.45) is 0.748. The van der Waals surface area contributed by atoms with Crippen LogP contribution in [0.2, 0.25) is 0 Å². The molecular formula is C12H16BrNO4S. The van der Waals surface area contributed by atoms with Gasteiger partial charge in [-0.3, -0.25) is 0 Å². The average molecular weight is 350 g/mol. The number of rotatable bonds is 5. The van der Waals surface area contributed by atoms with Gasteiger partial charge in [-0.2, -0.15) is 0 Å². The van der Waals surface area contributed by atoms with Crippen molar-refractivity contribution in [2.24, 2.45) is 11.1 Å². The monoisotopic (exact) mass is 349 g/mol. The van der Waals surface area contributed by atoms with Crippen molar-refractivity contribution >= 4 is 31.9 Å². The molecule has 0 amide bonds. The van der Waals surface area contributed by atoms with Crippen molar-refractivity contribution in [2.45, 2.75) is 25.2 Å². The number of carbonyl (C=O) groups is 1. The molecule has 0 aliphatic carbocycles. The summed E-state index contributed by atoms with van der Waals surface area (Å²) in [6.45, 7) is 4.33. The minimum atomic E-state index is -3.84. The molecule has 1 aromatic rings. The van der Waals surface area contributed by atoms with Crippen LogP contribution >= 0.6 is 15.9 Å². The van der Waals surface area contributed by atoms with Crippen LogP contribution in [-0.2, 0) is 14.8 Å². The Morgan fingerprint density at radius 3 is 2.58 bits per heavy atom. The minimum absolute atomic E-state index is 0.119. The van der Waals surface area contributed by atoms with E-state index in [1.54, 1.807) is 0 Å². The highest BCUT2D eigenvalue weighted by Crippen LogP contribution is 2.21. The van der Waals surface area contributed by atoms with Crippen molar-refractivity contribution in [2.75, 3.05) is 6.61 Å². The van der Waals surface area contributed by atoms with Crippen LogP contribution in [0.3, 0.4) is 0 Å². The maximum absolute atomic E-state index is 11.8. The SMILES string of the molecule is CC(C)CCOC(=O)c1cc(S(N)(=O)=O)ccc1Br. The molecule has 0 spiro atoms. The molecule has 1 rings (SSSR count). The van der Waals surface area contributed by atoms with Crippen LogP contribution in [0.15, 0.2) is 27.6 Å². The Hall–Kier alpha value is -0.920. The van der Waals surface area contributed by atoms with Gasteiger partial charge in [-0.15, -0.1) is 0 Å². The van der Waals surface area contributed by atoms with Gasteiger partial charge in [-0.1, -0.05) is 13.8 Å². The molecule has 0 heterocycles. The second-order valence-electron chi connectivity index (χ2n) is 4.51. The predicted molar refractivity (Wildman–Crippen MR) is 75.3 cm³/mol. The highest BCUT2D eigenvalue weighted by atomic mass is 79.9. The van der Waals surface area contributed by atoms with Gasteiger partial charge < -0.3 is 4.74 Å². The van der Waals surface area contributed by atoms with Crippen molar-refractivity contribution < 1.29 is 17.9 Å². The highest BCUT2D eigenvalue weighted by molar-refractivity contribution is 9.10. The molecule has 0 aliphatic rings. The summed E-state index contributed by atoms with van der Waals surface area (Å²) >= 11 is 3.18. The first-order valence-corrected chi connectivity index (χ1v) is 8.05. The van der Waals surface area contributed by atoms with E-state index in [4.69, 9.17) is 9.88 Å². The fourth-order valence-electron chi connectivity index (χ4n) is 1.30. The largest absolute Gasteiger partial charge is 0.462 e. The second-order valence-corrected chi connectivity index (χ2v) is 6.92. The first-order chi connectivity index (χ1) is 8.71. The Labute approximate surface area is 121 Å². The normalized spacial score (nSPS) is 11.6. The number of primary sulfonamides is 1. The Balaban J connectivity index is 2.90. The average Bonchev–Trinajstić information content (AvgIpc) is 2.27. The zero-order valence-electron chi connectivity index (χ0n) is 10.7. The fraction of sp³-hybridized carbons (Fsp3) is 0.417. The standard InChI is InChI=1S/C12H16BrNO4S/c1-8(2)5-6-18-12(15)10-7-9(19(14,16)17)3-4-11(10)13/h3-4,7-8H,5-6H2,1-2H3,(H2,14,16,17). The third-order valence-corrected chi connectivity index (χ3v) is 4.02. The summed E-state index contributed by atoms with van der Waals surface area (Å²) in [4.78, 5) is 11.7. The second kappa shape index (κ2) is 6.49. The van der Waals surface area contributed by atoms with E-state index in [0.717, 1.165) is 6.42 Å². The summed E-state index contributed by atoms with van der Waals surface area (Å²) in [6, 6.07) is 3.99. The molecule has 0 saturated heterocycles. The number of carbonyl (C=O) groups excluding carboxylic acids is 1. The Kier molecular flexibility index (Phi) is 5.51. The fourth-order valence-corrected chi connectivity index (χ4v) is 2.25. The summed E-state index contributed by atoms with van der Waals surface area (Å²) in [5.41, 5.74) is 0.148. The van der Waals surface area contributed by atoms with Gasteiger partial charge in [0.15, 0.2) is 0 Å². The van der Waals surface area contributed by atoms with Gasteiger partial charge in [-0.25, -0.2) is 18.4 Å². The molecule has 106 valence electrons. The molecular weight excluding hydrogens is 334 g/mol. The summed E-state index contributed by atoms with van der Waals surface area (Å²) < 4.78 is 28.0. The van der Waals surface area contributed by atoms with Gasteiger partial charge in [0.2, 0.25) is 10.0 Å². The Morgan fingerprint density at radius 2 is 2.05 bits per heavy atom. The van der Waals surface area contributed by atoms with E-state index in [1.807, 2.05) is 13.8 Å². The number of halogens is 1. The maximum Gasteiger partial charge on any atom is 0.339 e. The van der Waals surface area contributed by atoms with Gasteiger partial charge in [0, 0.05) is 4.47 Å². The number of benzene rings is 1. The van der Waals surface area contributed by atoms with Crippen LogP contribution in [0, 0.1) is 5.92 Å². The van der Waals surface area contributed by atoms with E-state index in [1.165, 1.54) is 18.2 Å². The van der Waals surface area contributed by atoms with Crippen molar-refractivity contribution in [1.82, 2.24) is 0 Å². The lowest BCUT2D eigenvalue weighted by Gasteiger charge is -2.09. The van der Waals surface area contributed by atoms with Crippen molar-refractivity contribution in [1.29, 1.82) is 0 Å². The molecule has 0 aromatic heterocycles. The molecule has 0 bridgehead atoms. The molecule has 0 saturated carbocycles. The molecule has 0 unspecified atom stereocenters. The molecule has 19 heavy (non-hydrogen) atoms. The molecule has 0 radical (unpaired) electrons. The third-order valence-electron chi connectivity index (χ3n) is 2.41. The van der Waals surface area contributed by atoms with E-state index in [2.05, 4.69) is 15.9 Å². The van der Waals surface area contributed by atoms with E-state index >= 15 is 0 Å². The van der Waals surface area contributed by atoms with Crippen molar-refractivity contribution in [3.05, 3.63) is 28.2 Å². The maximum atomic E-state index is 11.8. The molecule has 0 fully saturated rings. The first-order valence-electron chi connectivity index (χ1n) is 5.71. The Morgan fingerprint density at radius 1 is 1.42 bits per heavy atom. The lowest BCUT2D eigenvalue weighted by Crippen LogP contribution is -2.14. The molecule has 7 heteroatoms. The van der Waals surface area contributed by atoms with Gasteiger partial charge in [0.1, 0.15) is 0 Å². The number of hydrogen-bond donors (Lipinski definition) is 1. The number of esters is 1. The van der Waals surface area contributed by atoms with Gasteiger partial charge in [0.25, 0.3) is 0 Å². The third kappa shape index (κ3) is 4.93. The van der Waals surface area contributed by atoms with Crippen molar-refractivity contribution in [3.63, 3.8) is 0 Å². The highest BCUT2D eigenvalue weighted by Gasteiger charge is 2.16. The lowest BCUT2D eigenvalue weighted by molar-refractivity contribution is 0.0486. The number of nitrogens with two attached hydrogens (primary N) is 1. The van der Waals surface area contributed by atoms with E-state index in [0.29, 0.717) is 17.0 Å². The molecule has 0 aliphatic heterocycles. The number of hydrogen-bond acceptors (Lipinski definition) is 4. The topological polar surface area (TPSA) is 86.5 Å². The zero-order chi connectivity index (χ0) is 14.6. The zero-order valence-corrected chi connectivity index (χ0v) is 13.1.